The molecule has 0 spiro atoms. The minimum Gasteiger partial charge on any atom is -0.351 e. The van der Waals surface area contributed by atoms with Gasteiger partial charge in [0.15, 0.2) is 0 Å². The number of amides is 1. The molecule has 1 N–H and O–H groups in total. The highest BCUT2D eigenvalue weighted by Gasteiger charge is 2.19. The minimum atomic E-state index is -3.67. The molecule has 1 amide bonds. The standard InChI is InChI=1S/C14H20ClNO3S2/c15-21(18,19)13-9-8-12(20-13)10-16-14(17)11-6-4-2-1-3-5-7-11/h8-9,11H,1-7,10H2,(H,16,17). The zero-order valence-electron chi connectivity index (χ0n) is 11.8. The average Bonchev–Trinajstić information content (AvgIpc) is 2.84. The quantitative estimate of drug-likeness (QED) is 0.844. The van der Waals surface area contributed by atoms with E-state index in [0.29, 0.717) is 6.54 Å². The van der Waals surface area contributed by atoms with Crippen molar-refractivity contribution in [3.05, 3.63) is 17.0 Å². The van der Waals surface area contributed by atoms with E-state index in [2.05, 4.69) is 5.32 Å². The van der Waals surface area contributed by atoms with Crippen molar-refractivity contribution in [1.29, 1.82) is 0 Å². The van der Waals surface area contributed by atoms with Gasteiger partial charge in [-0.3, -0.25) is 4.79 Å². The number of nitrogens with one attached hydrogen (secondary N) is 1. The molecular formula is C14H20ClNO3S2. The number of rotatable bonds is 4. The Morgan fingerprint density at radius 2 is 1.81 bits per heavy atom. The Bertz CT molecular complexity index is 575. The van der Waals surface area contributed by atoms with E-state index in [-0.39, 0.29) is 16.0 Å². The molecule has 1 saturated carbocycles. The van der Waals surface area contributed by atoms with Gasteiger partial charge in [-0.25, -0.2) is 8.42 Å². The second-order valence-corrected chi connectivity index (χ2v) is 9.38. The van der Waals surface area contributed by atoms with Crippen LogP contribution in [0.4, 0.5) is 0 Å². The molecule has 1 aromatic heterocycles. The SMILES string of the molecule is O=C(NCc1ccc(S(=O)(=O)Cl)s1)C1CCCCCCC1. The molecule has 118 valence electrons. The predicted octanol–water partition coefficient (Wildman–Crippen LogP) is 3.65. The first kappa shape index (κ1) is 16.8. The van der Waals surface area contributed by atoms with Gasteiger partial charge in [0.1, 0.15) is 4.21 Å². The molecule has 7 heteroatoms. The summed E-state index contributed by atoms with van der Waals surface area (Å²) in [5.74, 6) is 0.182. The van der Waals surface area contributed by atoms with E-state index >= 15 is 0 Å². The van der Waals surface area contributed by atoms with Gasteiger partial charge in [-0.1, -0.05) is 32.1 Å². The summed E-state index contributed by atoms with van der Waals surface area (Å²) in [5.41, 5.74) is 0. The summed E-state index contributed by atoms with van der Waals surface area (Å²) < 4.78 is 22.5. The first-order chi connectivity index (χ1) is 9.97. The zero-order valence-corrected chi connectivity index (χ0v) is 14.2. The summed E-state index contributed by atoms with van der Waals surface area (Å²) in [6, 6.07) is 3.17. The molecule has 0 aliphatic heterocycles. The van der Waals surface area contributed by atoms with Gasteiger partial charge in [0, 0.05) is 21.5 Å². The van der Waals surface area contributed by atoms with Crippen LogP contribution in [-0.2, 0) is 20.4 Å². The van der Waals surface area contributed by atoms with E-state index in [1.54, 1.807) is 6.07 Å². The predicted molar refractivity (Wildman–Crippen MR) is 85.0 cm³/mol. The van der Waals surface area contributed by atoms with Crippen LogP contribution in [0.5, 0.6) is 0 Å². The van der Waals surface area contributed by atoms with Gasteiger partial charge in [0.05, 0.1) is 6.54 Å². The lowest BCUT2D eigenvalue weighted by Crippen LogP contribution is -2.30. The Labute approximate surface area is 134 Å². The highest BCUT2D eigenvalue weighted by Crippen LogP contribution is 2.25. The van der Waals surface area contributed by atoms with Crippen LogP contribution in [-0.4, -0.2) is 14.3 Å². The van der Waals surface area contributed by atoms with E-state index in [0.717, 1.165) is 41.9 Å². The van der Waals surface area contributed by atoms with Crippen LogP contribution in [0.25, 0.3) is 0 Å². The van der Waals surface area contributed by atoms with Crippen molar-refractivity contribution in [2.24, 2.45) is 5.92 Å². The van der Waals surface area contributed by atoms with Crippen molar-refractivity contribution in [1.82, 2.24) is 5.32 Å². The highest BCUT2D eigenvalue weighted by atomic mass is 35.7. The Morgan fingerprint density at radius 3 is 2.38 bits per heavy atom. The van der Waals surface area contributed by atoms with Crippen LogP contribution in [0, 0.1) is 5.92 Å². The third-order valence-corrected chi connectivity index (χ3v) is 6.97. The van der Waals surface area contributed by atoms with Crippen LogP contribution >= 0.6 is 22.0 Å². The first-order valence-corrected chi connectivity index (χ1v) is 10.4. The topological polar surface area (TPSA) is 63.2 Å². The number of halogens is 1. The molecule has 0 saturated heterocycles. The Kier molecular flexibility index (Phi) is 6.08. The summed E-state index contributed by atoms with van der Waals surface area (Å²) in [6.45, 7) is 0.367. The molecule has 0 aromatic carbocycles. The summed E-state index contributed by atoms with van der Waals surface area (Å²) >= 11 is 1.10. The van der Waals surface area contributed by atoms with Gasteiger partial charge in [-0.2, -0.15) is 0 Å². The lowest BCUT2D eigenvalue weighted by Gasteiger charge is -2.18. The summed E-state index contributed by atoms with van der Waals surface area (Å²) in [5, 5.41) is 2.92. The van der Waals surface area contributed by atoms with Gasteiger partial charge in [-0.15, -0.1) is 11.3 Å². The van der Waals surface area contributed by atoms with Crippen molar-refractivity contribution < 1.29 is 13.2 Å². The first-order valence-electron chi connectivity index (χ1n) is 7.28. The molecule has 1 aliphatic rings. The third-order valence-electron chi connectivity index (χ3n) is 3.79. The molecule has 0 unspecified atom stereocenters. The van der Waals surface area contributed by atoms with Crippen LogP contribution < -0.4 is 5.32 Å². The van der Waals surface area contributed by atoms with Crippen LogP contribution in [0.3, 0.4) is 0 Å². The second kappa shape index (κ2) is 7.61. The van der Waals surface area contributed by atoms with Gasteiger partial charge in [-0.05, 0) is 25.0 Å². The molecule has 1 fully saturated rings. The van der Waals surface area contributed by atoms with E-state index in [4.69, 9.17) is 10.7 Å². The van der Waals surface area contributed by atoms with Crippen molar-refractivity contribution >= 4 is 37.0 Å². The maximum Gasteiger partial charge on any atom is 0.270 e. The molecular weight excluding hydrogens is 330 g/mol. The van der Waals surface area contributed by atoms with E-state index in [9.17, 15) is 13.2 Å². The van der Waals surface area contributed by atoms with Gasteiger partial charge < -0.3 is 5.32 Å². The Morgan fingerprint density at radius 1 is 1.19 bits per heavy atom. The minimum absolute atomic E-state index is 0.0839. The largest absolute Gasteiger partial charge is 0.351 e. The molecule has 2 rings (SSSR count). The zero-order chi connectivity index (χ0) is 15.3. The van der Waals surface area contributed by atoms with E-state index in [1.807, 2.05) is 0 Å². The maximum atomic E-state index is 12.2. The normalized spacial score (nSPS) is 18.0. The molecule has 0 bridgehead atoms. The Balaban J connectivity index is 1.86. The summed E-state index contributed by atoms with van der Waals surface area (Å²) in [4.78, 5) is 13.0. The molecule has 1 aromatic rings. The third kappa shape index (κ3) is 5.27. The lowest BCUT2D eigenvalue weighted by atomic mass is 9.90. The maximum absolute atomic E-state index is 12.2. The lowest BCUT2D eigenvalue weighted by molar-refractivity contribution is -0.125. The molecule has 21 heavy (non-hydrogen) atoms. The van der Waals surface area contributed by atoms with Gasteiger partial charge in [0.2, 0.25) is 5.91 Å². The number of hydrogen-bond acceptors (Lipinski definition) is 4. The molecule has 0 radical (unpaired) electrons. The fourth-order valence-electron chi connectivity index (χ4n) is 2.62. The summed E-state index contributed by atoms with van der Waals surface area (Å²) in [7, 11) is 1.61. The Hall–Kier alpha value is -0.590. The van der Waals surface area contributed by atoms with E-state index < -0.39 is 9.05 Å². The summed E-state index contributed by atoms with van der Waals surface area (Å²) in [6.07, 6.45) is 7.85. The fraction of sp³-hybridized carbons (Fsp3) is 0.643. The van der Waals surface area contributed by atoms with Gasteiger partial charge in [0.25, 0.3) is 9.05 Å². The molecule has 0 atom stereocenters. The number of hydrogen-bond donors (Lipinski definition) is 1. The van der Waals surface area contributed by atoms with Gasteiger partial charge >= 0.3 is 0 Å². The monoisotopic (exact) mass is 349 g/mol. The van der Waals surface area contributed by atoms with Crippen LogP contribution in [0.1, 0.15) is 49.8 Å². The molecule has 1 aliphatic carbocycles. The smallest absolute Gasteiger partial charge is 0.270 e. The molecule has 4 nitrogen and oxygen atoms in total. The number of carbonyl (C=O) groups is 1. The fourth-order valence-corrected chi connectivity index (χ4v) is 4.68. The highest BCUT2D eigenvalue weighted by molar-refractivity contribution is 8.15. The van der Waals surface area contributed by atoms with Crippen LogP contribution in [0.2, 0.25) is 0 Å². The van der Waals surface area contributed by atoms with Crippen LogP contribution in [0.15, 0.2) is 16.3 Å². The molecule has 1 heterocycles. The van der Waals surface area contributed by atoms with E-state index in [1.165, 1.54) is 25.3 Å². The average molecular weight is 350 g/mol. The number of carbonyl (C=O) groups excluding carboxylic acids is 1. The van der Waals surface area contributed by atoms with Crippen molar-refractivity contribution in [3.63, 3.8) is 0 Å². The van der Waals surface area contributed by atoms with Crippen molar-refractivity contribution in [2.45, 2.75) is 55.7 Å². The van der Waals surface area contributed by atoms with Crippen molar-refractivity contribution in [2.75, 3.05) is 0 Å². The second-order valence-electron chi connectivity index (χ2n) is 5.42. The van der Waals surface area contributed by atoms with Crippen molar-refractivity contribution in [3.8, 4) is 0 Å². The number of thiophene rings is 1.